The smallest absolute Gasteiger partial charge is 0.125 e. The van der Waals surface area contributed by atoms with Gasteiger partial charge in [0.05, 0.1) is 17.4 Å². The second kappa shape index (κ2) is 4.62. The van der Waals surface area contributed by atoms with E-state index in [9.17, 15) is 4.39 Å². The topological polar surface area (TPSA) is 17.8 Å². The van der Waals surface area contributed by atoms with Gasteiger partial charge in [0.1, 0.15) is 5.82 Å². The number of fused-ring (bicyclic) bond motifs is 1. The molecule has 0 fully saturated rings. The number of aromatic nitrogens is 2. The van der Waals surface area contributed by atoms with Crippen LogP contribution in [-0.4, -0.2) is 15.4 Å². The largest absolute Gasteiger partial charge is 0.331 e. The van der Waals surface area contributed by atoms with Crippen molar-refractivity contribution in [2.75, 3.05) is 5.88 Å². The molecule has 1 heterocycles. The number of benzene rings is 1. The van der Waals surface area contributed by atoms with Crippen molar-refractivity contribution in [3.63, 3.8) is 0 Å². The molecule has 0 atom stereocenters. The Morgan fingerprint density at radius 3 is 3.00 bits per heavy atom. The first kappa shape index (κ1) is 10.4. The number of hydrogen-bond donors (Lipinski definition) is 0. The van der Waals surface area contributed by atoms with Gasteiger partial charge in [0.2, 0.25) is 0 Å². The summed E-state index contributed by atoms with van der Waals surface area (Å²) < 4.78 is 14.9. The zero-order chi connectivity index (χ0) is 10.7. The Kier molecular flexibility index (Phi) is 3.21. The van der Waals surface area contributed by atoms with Gasteiger partial charge in [-0.25, -0.2) is 9.37 Å². The molecule has 0 radical (unpaired) electrons. The number of imidazole rings is 1. The van der Waals surface area contributed by atoms with Crippen LogP contribution in [-0.2, 0) is 6.54 Å². The van der Waals surface area contributed by atoms with Crippen molar-refractivity contribution < 1.29 is 4.39 Å². The van der Waals surface area contributed by atoms with Gasteiger partial charge in [-0.15, -0.1) is 11.6 Å². The van der Waals surface area contributed by atoms with Crippen molar-refractivity contribution in [2.24, 2.45) is 0 Å². The van der Waals surface area contributed by atoms with Gasteiger partial charge in [0.25, 0.3) is 0 Å². The summed E-state index contributed by atoms with van der Waals surface area (Å²) >= 11 is 5.61. The van der Waals surface area contributed by atoms with Crippen molar-refractivity contribution >= 4 is 22.6 Å². The molecule has 0 saturated carbocycles. The summed E-state index contributed by atoms with van der Waals surface area (Å²) in [6.07, 6.45) is 3.76. The molecule has 0 amide bonds. The quantitative estimate of drug-likeness (QED) is 0.578. The summed E-state index contributed by atoms with van der Waals surface area (Å²) in [5.41, 5.74) is 1.69. The fraction of sp³-hybridized carbons (Fsp3) is 0.364. The van der Waals surface area contributed by atoms with Gasteiger partial charge in [0, 0.05) is 18.5 Å². The van der Waals surface area contributed by atoms with Crippen molar-refractivity contribution in [3.05, 3.63) is 30.3 Å². The molecular formula is C11H12ClFN2. The molecule has 0 aliphatic rings. The summed E-state index contributed by atoms with van der Waals surface area (Å²) in [7, 11) is 0. The molecule has 2 aromatic rings. The molecule has 80 valence electrons. The first-order valence-electron chi connectivity index (χ1n) is 4.97. The zero-order valence-corrected chi connectivity index (χ0v) is 9.04. The highest BCUT2D eigenvalue weighted by molar-refractivity contribution is 6.17. The Balaban J connectivity index is 2.21. The van der Waals surface area contributed by atoms with Crippen LogP contribution in [0.25, 0.3) is 11.0 Å². The van der Waals surface area contributed by atoms with Gasteiger partial charge in [-0.05, 0) is 25.0 Å². The molecule has 2 rings (SSSR count). The minimum absolute atomic E-state index is 0.242. The molecule has 15 heavy (non-hydrogen) atoms. The average molecular weight is 227 g/mol. The van der Waals surface area contributed by atoms with Gasteiger partial charge >= 0.3 is 0 Å². The van der Waals surface area contributed by atoms with Gasteiger partial charge < -0.3 is 4.57 Å². The lowest BCUT2D eigenvalue weighted by molar-refractivity contribution is 0.628. The van der Waals surface area contributed by atoms with E-state index in [1.54, 1.807) is 12.4 Å². The average Bonchev–Trinajstić information content (AvgIpc) is 2.61. The van der Waals surface area contributed by atoms with Crippen LogP contribution in [0.15, 0.2) is 24.5 Å². The van der Waals surface area contributed by atoms with Gasteiger partial charge in [0.15, 0.2) is 0 Å². The Hall–Kier alpha value is -1.09. The molecule has 0 unspecified atom stereocenters. The maximum Gasteiger partial charge on any atom is 0.125 e. The second-order valence-corrected chi connectivity index (χ2v) is 3.85. The normalized spacial score (nSPS) is 11.1. The van der Waals surface area contributed by atoms with Crippen LogP contribution in [0.2, 0.25) is 0 Å². The van der Waals surface area contributed by atoms with Crippen LogP contribution in [0.4, 0.5) is 4.39 Å². The Labute approximate surface area is 92.7 Å². The molecular weight excluding hydrogens is 215 g/mol. The van der Waals surface area contributed by atoms with Crippen LogP contribution in [0.1, 0.15) is 12.8 Å². The van der Waals surface area contributed by atoms with E-state index in [1.807, 2.05) is 4.57 Å². The van der Waals surface area contributed by atoms with E-state index in [-0.39, 0.29) is 5.82 Å². The summed E-state index contributed by atoms with van der Waals surface area (Å²) in [5, 5.41) is 0. The van der Waals surface area contributed by atoms with Crippen LogP contribution in [0, 0.1) is 5.82 Å². The first-order valence-corrected chi connectivity index (χ1v) is 5.51. The monoisotopic (exact) mass is 226 g/mol. The number of alkyl halides is 1. The molecule has 0 bridgehead atoms. The summed E-state index contributed by atoms with van der Waals surface area (Å²) in [5.74, 6) is 0.440. The first-order chi connectivity index (χ1) is 7.31. The third-order valence-corrected chi connectivity index (χ3v) is 2.63. The second-order valence-electron chi connectivity index (χ2n) is 3.47. The zero-order valence-electron chi connectivity index (χ0n) is 8.29. The SMILES string of the molecule is Fc1ccc2c(c1)ncn2CCCCCl. The molecule has 1 aromatic heterocycles. The molecule has 0 saturated heterocycles. The van der Waals surface area contributed by atoms with E-state index >= 15 is 0 Å². The number of hydrogen-bond acceptors (Lipinski definition) is 1. The standard InChI is InChI=1S/C11H12ClFN2/c12-5-1-2-6-15-8-14-10-7-9(13)3-4-11(10)15/h3-4,7-8H,1-2,5-6H2. The van der Waals surface area contributed by atoms with Crippen molar-refractivity contribution in [1.29, 1.82) is 0 Å². The third-order valence-electron chi connectivity index (χ3n) is 2.37. The highest BCUT2D eigenvalue weighted by Gasteiger charge is 2.02. The Morgan fingerprint density at radius 2 is 2.20 bits per heavy atom. The van der Waals surface area contributed by atoms with Gasteiger partial charge in [-0.1, -0.05) is 0 Å². The van der Waals surface area contributed by atoms with Crippen molar-refractivity contribution in [3.8, 4) is 0 Å². The predicted octanol–water partition coefficient (Wildman–Crippen LogP) is 3.19. The van der Waals surface area contributed by atoms with Crippen molar-refractivity contribution in [2.45, 2.75) is 19.4 Å². The molecule has 0 spiro atoms. The highest BCUT2D eigenvalue weighted by atomic mass is 35.5. The Bertz CT molecular complexity index is 453. The van der Waals surface area contributed by atoms with Crippen LogP contribution in [0.3, 0.4) is 0 Å². The van der Waals surface area contributed by atoms with Crippen LogP contribution >= 0.6 is 11.6 Å². The molecule has 4 heteroatoms. The van der Waals surface area contributed by atoms with E-state index in [2.05, 4.69) is 4.98 Å². The van der Waals surface area contributed by atoms with Gasteiger partial charge in [-0.2, -0.15) is 0 Å². The van der Waals surface area contributed by atoms with Crippen molar-refractivity contribution in [1.82, 2.24) is 9.55 Å². The number of nitrogens with zero attached hydrogens (tertiary/aromatic N) is 2. The van der Waals surface area contributed by atoms with Gasteiger partial charge in [-0.3, -0.25) is 0 Å². The van der Waals surface area contributed by atoms with E-state index < -0.39 is 0 Å². The fourth-order valence-electron chi connectivity index (χ4n) is 1.59. The van der Waals surface area contributed by atoms with E-state index in [0.717, 1.165) is 24.9 Å². The Morgan fingerprint density at radius 1 is 1.33 bits per heavy atom. The maximum atomic E-state index is 12.9. The number of unbranched alkanes of at least 4 members (excludes halogenated alkanes) is 1. The summed E-state index contributed by atoms with van der Waals surface area (Å²) in [6, 6.07) is 4.67. The molecule has 1 aromatic carbocycles. The molecule has 2 nitrogen and oxygen atoms in total. The number of halogens is 2. The maximum absolute atomic E-state index is 12.9. The lowest BCUT2D eigenvalue weighted by atomic mass is 10.3. The number of rotatable bonds is 4. The van der Waals surface area contributed by atoms with Crippen LogP contribution < -0.4 is 0 Å². The molecule has 0 aliphatic heterocycles. The lowest BCUT2D eigenvalue weighted by Gasteiger charge is -2.02. The summed E-state index contributed by atoms with van der Waals surface area (Å²) in [4.78, 5) is 4.15. The predicted molar refractivity (Wildman–Crippen MR) is 59.6 cm³/mol. The van der Waals surface area contributed by atoms with E-state index in [4.69, 9.17) is 11.6 Å². The lowest BCUT2D eigenvalue weighted by Crippen LogP contribution is -1.96. The van der Waals surface area contributed by atoms with E-state index in [1.165, 1.54) is 12.1 Å². The molecule has 0 N–H and O–H groups in total. The molecule has 0 aliphatic carbocycles. The third kappa shape index (κ3) is 2.29. The van der Waals surface area contributed by atoms with Crippen LogP contribution in [0.5, 0.6) is 0 Å². The highest BCUT2D eigenvalue weighted by Crippen LogP contribution is 2.14. The number of aryl methyl sites for hydroxylation is 1. The fourth-order valence-corrected chi connectivity index (χ4v) is 1.78. The summed E-state index contributed by atoms with van der Waals surface area (Å²) in [6.45, 7) is 0.884. The minimum Gasteiger partial charge on any atom is -0.331 e. The van der Waals surface area contributed by atoms with E-state index in [0.29, 0.717) is 11.4 Å². The minimum atomic E-state index is -0.242.